The van der Waals surface area contributed by atoms with Gasteiger partial charge in [0.2, 0.25) is 5.75 Å². The van der Waals surface area contributed by atoms with Crippen LogP contribution in [-0.4, -0.2) is 45.6 Å². The number of rotatable bonds is 7. The molecule has 33 heavy (non-hydrogen) atoms. The third kappa shape index (κ3) is 5.44. The molecule has 9 heteroatoms. The Morgan fingerprint density at radius 3 is 2.67 bits per heavy atom. The molecule has 0 bridgehead atoms. The van der Waals surface area contributed by atoms with Gasteiger partial charge in [0.15, 0.2) is 5.69 Å². The highest BCUT2D eigenvalue weighted by Gasteiger charge is 2.34. The number of nitrogens with zero attached hydrogens (tertiary/aromatic N) is 2. The molecule has 0 saturated carbocycles. The Morgan fingerprint density at radius 1 is 1.21 bits per heavy atom. The fourth-order valence-corrected chi connectivity index (χ4v) is 3.85. The molecule has 2 heterocycles. The lowest BCUT2D eigenvalue weighted by Gasteiger charge is -2.18. The van der Waals surface area contributed by atoms with E-state index < -0.39 is 17.2 Å². The van der Waals surface area contributed by atoms with Crippen molar-refractivity contribution in [2.75, 3.05) is 13.6 Å². The number of amides is 1. The average Bonchev–Trinajstić information content (AvgIpc) is 3.20. The second kappa shape index (κ2) is 9.93. The Morgan fingerprint density at radius 2 is 1.94 bits per heavy atom. The molecule has 0 radical (unpaired) electrons. The van der Waals surface area contributed by atoms with Crippen LogP contribution in [0.15, 0.2) is 59.4 Å². The van der Waals surface area contributed by atoms with Gasteiger partial charge in [0.1, 0.15) is 11.6 Å². The number of H-pyrrole nitrogens is 1. The van der Waals surface area contributed by atoms with E-state index >= 15 is 0 Å². The molecule has 8 nitrogen and oxygen atoms in total. The minimum absolute atomic E-state index is 0.0740. The lowest BCUT2D eigenvalue weighted by Crippen LogP contribution is -2.29. The third-order valence-corrected chi connectivity index (χ3v) is 5.65. The van der Waals surface area contributed by atoms with Crippen LogP contribution in [0.2, 0.25) is 0 Å². The van der Waals surface area contributed by atoms with Gasteiger partial charge in [-0.2, -0.15) is 0 Å². The van der Waals surface area contributed by atoms with Gasteiger partial charge in [0, 0.05) is 13.1 Å². The summed E-state index contributed by atoms with van der Waals surface area (Å²) in [5, 5.41) is 12.7. The van der Waals surface area contributed by atoms with Crippen molar-refractivity contribution < 1.29 is 19.0 Å². The van der Waals surface area contributed by atoms with Gasteiger partial charge >= 0.3 is 0 Å². The van der Waals surface area contributed by atoms with Crippen molar-refractivity contribution in [3.63, 3.8) is 0 Å². The summed E-state index contributed by atoms with van der Waals surface area (Å²) < 4.78 is 19.1. The summed E-state index contributed by atoms with van der Waals surface area (Å²) in [7, 11) is 1.89. The van der Waals surface area contributed by atoms with E-state index in [0.717, 1.165) is 5.56 Å². The number of halogens is 1. The molecule has 2 unspecified atom stereocenters. The molecule has 3 N–H and O–H groups in total. The van der Waals surface area contributed by atoms with Crippen molar-refractivity contribution in [3.8, 4) is 5.75 Å². The summed E-state index contributed by atoms with van der Waals surface area (Å²) in [5.74, 6) is -1.53. The normalized spacial score (nSPS) is 18.4. The van der Waals surface area contributed by atoms with Crippen LogP contribution in [0, 0.1) is 5.82 Å². The van der Waals surface area contributed by atoms with Crippen molar-refractivity contribution in [2.45, 2.75) is 31.7 Å². The van der Waals surface area contributed by atoms with Gasteiger partial charge in [-0.1, -0.05) is 42.5 Å². The number of hydrogen-bond donors (Lipinski definition) is 3. The molecule has 1 fully saturated rings. The zero-order valence-electron chi connectivity index (χ0n) is 18.1. The lowest BCUT2D eigenvalue weighted by molar-refractivity contribution is 0.0481. The topological polar surface area (TPSA) is 108 Å². The first-order valence-corrected chi connectivity index (χ1v) is 10.6. The van der Waals surface area contributed by atoms with Crippen LogP contribution < -0.4 is 10.9 Å². The van der Waals surface area contributed by atoms with Crippen LogP contribution >= 0.6 is 0 Å². The van der Waals surface area contributed by atoms with Crippen LogP contribution in [0.25, 0.3) is 0 Å². The molecule has 0 aliphatic carbocycles. The second-order valence-electron chi connectivity index (χ2n) is 8.07. The Hall–Kier alpha value is -3.56. The molecule has 2 atom stereocenters. The largest absolute Gasteiger partial charge is 0.501 e. The SMILES string of the molecule is CN1CC(OCc2ccccc2)CC1c1nc(C(=O)NCc2ccc(F)cc2)c(O)c(=O)[nH]1. The van der Waals surface area contributed by atoms with Crippen molar-refractivity contribution in [2.24, 2.45) is 0 Å². The Labute approximate surface area is 190 Å². The van der Waals surface area contributed by atoms with Crippen molar-refractivity contribution >= 4 is 5.91 Å². The number of aromatic amines is 1. The van der Waals surface area contributed by atoms with E-state index in [4.69, 9.17) is 4.74 Å². The highest BCUT2D eigenvalue weighted by Crippen LogP contribution is 2.30. The first-order chi connectivity index (χ1) is 15.9. The summed E-state index contributed by atoms with van der Waals surface area (Å²) in [4.78, 5) is 33.8. The van der Waals surface area contributed by atoms with Gasteiger partial charge < -0.3 is 20.1 Å². The van der Waals surface area contributed by atoms with Crippen LogP contribution in [-0.2, 0) is 17.9 Å². The van der Waals surface area contributed by atoms with Crippen molar-refractivity contribution in [1.29, 1.82) is 0 Å². The number of carbonyl (C=O) groups is 1. The molecule has 4 rings (SSSR count). The highest BCUT2D eigenvalue weighted by atomic mass is 19.1. The van der Waals surface area contributed by atoms with Gasteiger partial charge in [-0.25, -0.2) is 9.37 Å². The number of nitrogens with one attached hydrogen (secondary N) is 2. The second-order valence-corrected chi connectivity index (χ2v) is 8.07. The van der Waals surface area contributed by atoms with E-state index in [9.17, 15) is 19.1 Å². The number of likely N-dealkylation sites (tertiary alicyclic amines) is 1. The molecule has 1 aliphatic rings. The summed E-state index contributed by atoms with van der Waals surface area (Å²) in [6.45, 7) is 1.21. The predicted molar refractivity (Wildman–Crippen MR) is 119 cm³/mol. The number of benzene rings is 2. The first kappa shape index (κ1) is 22.6. The minimum atomic E-state index is -0.783. The van der Waals surface area contributed by atoms with Crippen molar-refractivity contribution in [1.82, 2.24) is 20.2 Å². The van der Waals surface area contributed by atoms with Crippen LogP contribution in [0.3, 0.4) is 0 Å². The summed E-state index contributed by atoms with van der Waals surface area (Å²) >= 11 is 0. The van der Waals surface area contributed by atoms with Gasteiger partial charge in [-0.3, -0.25) is 14.5 Å². The van der Waals surface area contributed by atoms with E-state index in [0.29, 0.717) is 25.1 Å². The average molecular weight is 452 g/mol. The summed E-state index contributed by atoms with van der Waals surface area (Å²) in [6.07, 6.45) is 0.503. The van der Waals surface area contributed by atoms with Gasteiger partial charge in [0.25, 0.3) is 11.5 Å². The molecule has 1 aliphatic heterocycles. The molecule has 2 aromatic carbocycles. The zero-order valence-corrected chi connectivity index (χ0v) is 18.1. The zero-order chi connectivity index (χ0) is 23.4. The van der Waals surface area contributed by atoms with Crippen LogP contribution in [0.5, 0.6) is 5.75 Å². The number of ether oxygens (including phenoxy) is 1. The van der Waals surface area contributed by atoms with E-state index in [1.54, 1.807) is 0 Å². The Bertz CT molecular complexity index is 1170. The molecule has 1 aromatic heterocycles. The Kier molecular flexibility index (Phi) is 6.81. The quantitative estimate of drug-likeness (QED) is 0.509. The number of hydrogen-bond acceptors (Lipinski definition) is 6. The number of likely N-dealkylation sites (N-methyl/N-ethyl adjacent to an activating group) is 1. The third-order valence-electron chi connectivity index (χ3n) is 5.65. The fourth-order valence-electron chi connectivity index (χ4n) is 3.85. The fraction of sp³-hybridized carbons (Fsp3) is 0.292. The lowest BCUT2D eigenvalue weighted by atomic mass is 10.1. The van der Waals surface area contributed by atoms with E-state index in [-0.39, 0.29) is 36.0 Å². The minimum Gasteiger partial charge on any atom is -0.501 e. The molecule has 0 spiro atoms. The highest BCUT2D eigenvalue weighted by molar-refractivity contribution is 5.94. The molecule has 3 aromatic rings. The molecular formula is C24H25FN4O4. The van der Waals surface area contributed by atoms with Crippen LogP contribution in [0.1, 0.15) is 39.9 Å². The first-order valence-electron chi connectivity index (χ1n) is 10.6. The van der Waals surface area contributed by atoms with Gasteiger partial charge in [0.05, 0.1) is 18.8 Å². The van der Waals surface area contributed by atoms with E-state index in [1.165, 1.54) is 24.3 Å². The maximum atomic E-state index is 13.1. The number of aromatic nitrogens is 2. The smallest absolute Gasteiger partial charge is 0.293 e. The summed E-state index contributed by atoms with van der Waals surface area (Å²) in [5.41, 5.74) is 0.606. The summed E-state index contributed by atoms with van der Waals surface area (Å²) in [6, 6.07) is 15.2. The standard InChI is InChI=1S/C24H25FN4O4/c1-29-13-18(33-14-16-5-3-2-4-6-16)11-19(29)22-27-20(21(30)24(32)28-22)23(31)26-12-15-7-9-17(25)10-8-15/h2-10,18-19,30H,11-14H2,1H3,(H,26,31)(H,27,28,32). The molecule has 1 saturated heterocycles. The predicted octanol–water partition coefficient (Wildman–Crippen LogP) is 2.51. The van der Waals surface area contributed by atoms with E-state index in [2.05, 4.69) is 15.3 Å². The molecular weight excluding hydrogens is 427 g/mol. The maximum absolute atomic E-state index is 13.1. The number of aromatic hydroxyl groups is 1. The number of carbonyl (C=O) groups excluding carboxylic acids is 1. The molecule has 172 valence electrons. The van der Waals surface area contributed by atoms with Gasteiger partial charge in [-0.05, 0) is 36.7 Å². The van der Waals surface area contributed by atoms with Gasteiger partial charge in [-0.15, -0.1) is 0 Å². The van der Waals surface area contributed by atoms with E-state index in [1.807, 2.05) is 42.3 Å². The maximum Gasteiger partial charge on any atom is 0.293 e. The monoisotopic (exact) mass is 452 g/mol. The molecule has 1 amide bonds. The Balaban J connectivity index is 1.45. The van der Waals surface area contributed by atoms with Crippen molar-refractivity contribution in [3.05, 3.63) is 93.4 Å². The van der Waals surface area contributed by atoms with Crippen LogP contribution in [0.4, 0.5) is 4.39 Å².